The van der Waals surface area contributed by atoms with Gasteiger partial charge in [-0.25, -0.2) is 8.42 Å². The second-order valence-electron chi connectivity index (χ2n) is 5.92. The van der Waals surface area contributed by atoms with Crippen molar-refractivity contribution in [3.05, 3.63) is 54.1 Å². The molecule has 0 saturated carbocycles. The Morgan fingerprint density at radius 3 is 2.32 bits per heavy atom. The van der Waals surface area contributed by atoms with Crippen LogP contribution in [0.4, 0.5) is 5.69 Å². The molecule has 0 unspecified atom stereocenters. The predicted molar refractivity (Wildman–Crippen MR) is 96.3 cm³/mol. The minimum atomic E-state index is -3.38. The zero-order chi connectivity index (χ0) is 17.9. The summed E-state index contributed by atoms with van der Waals surface area (Å²) < 4.78 is 31.8. The predicted octanol–water partition coefficient (Wildman–Crippen LogP) is 1.85. The lowest BCUT2D eigenvalue weighted by atomic mass is 10.2. The van der Waals surface area contributed by atoms with Gasteiger partial charge < -0.3 is 14.7 Å². The molecule has 1 radical (unpaired) electrons. The minimum Gasteiger partial charge on any atom is -0.507 e. The third-order valence-corrected chi connectivity index (χ3v) is 6.13. The van der Waals surface area contributed by atoms with Crippen LogP contribution in [0, 0.1) is 6.07 Å². The molecule has 2 aromatic rings. The molecule has 7 heteroatoms. The average molecular weight is 361 g/mol. The van der Waals surface area contributed by atoms with Gasteiger partial charge in [0.1, 0.15) is 11.5 Å². The molecule has 2 aromatic carbocycles. The van der Waals surface area contributed by atoms with E-state index in [1.165, 1.54) is 16.4 Å². The molecular formula is C18H21N2O4S. The zero-order valence-corrected chi connectivity index (χ0v) is 14.9. The number of phenols is 1. The van der Waals surface area contributed by atoms with Crippen LogP contribution in [0.3, 0.4) is 0 Å². The summed E-state index contributed by atoms with van der Waals surface area (Å²) in [5, 5.41) is 9.25. The molecule has 0 aliphatic carbocycles. The van der Waals surface area contributed by atoms with E-state index in [-0.39, 0.29) is 11.5 Å². The second-order valence-corrected chi connectivity index (χ2v) is 7.89. The molecule has 0 bridgehead atoms. The summed E-state index contributed by atoms with van der Waals surface area (Å²) in [4.78, 5) is 2.17. The minimum absolute atomic E-state index is 0.00857. The number of benzene rings is 2. The first kappa shape index (κ1) is 17.6. The fourth-order valence-electron chi connectivity index (χ4n) is 2.86. The molecule has 1 aliphatic rings. The maximum atomic E-state index is 12.6. The van der Waals surface area contributed by atoms with Crippen LogP contribution in [0.1, 0.15) is 5.56 Å². The summed E-state index contributed by atoms with van der Waals surface area (Å²) in [5.41, 5.74) is 1.68. The molecular weight excluding hydrogens is 340 g/mol. The Bertz CT molecular complexity index is 796. The molecule has 1 fully saturated rings. The first-order valence-electron chi connectivity index (χ1n) is 8.04. The van der Waals surface area contributed by atoms with Gasteiger partial charge in [0.05, 0.1) is 12.9 Å². The van der Waals surface area contributed by atoms with Crippen molar-refractivity contribution in [2.24, 2.45) is 0 Å². The number of phenolic OH excluding ortho intramolecular Hbond substituents is 1. The quantitative estimate of drug-likeness (QED) is 0.880. The molecule has 0 amide bonds. The zero-order valence-electron chi connectivity index (χ0n) is 14.1. The van der Waals surface area contributed by atoms with Crippen LogP contribution in [0.25, 0.3) is 0 Å². The Morgan fingerprint density at radius 1 is 1.08 bits per heavy atom. The first-order valence-corrected chi connectivity index (χ1v) is 9.65. The topological polar surface area (TPSA) is 70.1 Å². The van der Waals surface area contributed by atoms with Gasteiger partial charge in [0.2, 0.25) is 10.0 Å². The number of anilines is 1. The monoisotopic (exact) mass is 361 g/mol. The van der Waals surface area contributed by atoms with E-state index in [4.69, 9.17) is 4.74 Å². The molecule has 0 atom stereocenters. The van der Waals surface area contributed by atoms with Gasteiger partial charge >= 0.3 is 0 Å². The summed E-state index contributed by atoms with van der Waals surface area (Å²) in [6.45, 7) is 2.20. The number of ether oxygens (including phenoxy) is 1. The van der Waals surface area contributed by atoms with Crippen molar-refractivity contribution < 1.29 is 18.3 Å². The first-order chi connectivity index (χ1) is 12.0. The fraction of sp³-hybridized carbons (Fsp3) is 0.333. The maximum absolute atomic E-state index is 12.6. The Kier molecular flexibility index (Phi) is 5.15. The largest absolute Gasteiger partial charge is 0.507 e. The number of rotatable bonds is 5. The summed E-state index contributed by atoms with van der Waals surface area (Å²) in [7, 11) is -1.75. The van der Waals surface area contributed by atoms with E-state index >= 15 is 0 Å². The summed E-state index contributed by atoms with van der Waals surface area (Å²) in [5.74, 6) is 0.733. The van der Waals surface area contributed by atoms with Crippen molar-refractivity contribution in [2.75, 3.05) is 38.2 Å². The average Bonchev–Trinajstić information content (AvgIpc) is 2.64. The van der Waals surface area contributed by atoms with Gasteiger partial charge in [0.15, 0.2) is 0 Å². The van der Waals surface area contributed by atoms with Crippen LogP contribution >= 0.6 is 0 Å². The van der Waals surface area contributed by atoms with Gasteiger partial charge in [-0.2, -0.15) is 4.31 Å². The van der Waals surface area contributed by atoms with Crippen LogP contribution in [0.2, 0.25) is 0 Å². The van der Waals surface area contributed by atoms with Gasteiger partial charge in [-0.3, -0.25) is 0 Å². The molecule has 1 saturated heterocycles. The van der Waals surface area contributed by atoms with E-state index in [1.54, 1.807) is 13.2 Å². The Labute approximate surface area is 148 Å². The molecule has 6 nitrogen and oxygen atoms in total. The maximum Gasteiger partial charge on any atom is 0.218 e. The highest BCUT2D eigenvalue weighted by atomic mass is 32.2. The number of methoxy groups -OCH3 is 1. The van der Waals surface area contributed by atoms with Crippen molar-refractivity contribution in [3.63, 3.8) is 0 Å². The molecule has 3 rings (SSSR count). The fourth-order valence-corrected chi connectivity index (χ4v) is 4.36. The number of piperazine rings is 1. The van der Waals surface area contributed by atoms with Crippen LogP contribution in [0.15, 0.2) is 42.5 Å². The SMILES string of the molecule is COc1ccc(N2CCN(S(=O)(=O)Cc3c[c]c(O)cc3)CC2)cc1. The highest BCUT2D eigenvalue weighted by molar-refractivity contribution is 7.88. The lowest BCUT2D eigenvalue weighted by Gasteiger charge is -2.35. The summed E-state index contributed by atoms with van der Waals surface area (Å²) in [6.07, 6.45) is 0. The van der Waals surface area contributed by atoms with Gasteiger partial charge in [-0.15, -0.1) is 0 Å². The van der Waals surface area contributed by atoms with Crippen molar-refractivity contribution in [3.8, 4) is 11.5 Å². The lowest BCUT2D eigenvalue weighted by molar-refractivity contribution is 0.384. The Balaban J connectivity index is 1.61. The van der Waals surface area contributed by atoms with E-state index in [0.717, 1.165) is 11.4 Å². The van der Waals surface area contributed by atoms with Crippen LogP contribution < -0.4 is 9.64 Å². The third-order valence-electron chi connectivity index (χ3n) is 4.28. The van der Waals surface area contributed by atoms with Gasteiger partial charge in [0, 0.05) is 37.9 Å². The molecule has 133 valence electrons. The number of hydrogen-bond acceptors (Lipinski definition) is 5. The normalized spacial score (nSPS) is 16.0. The number of hydrogen-bond donors (Lipinski definition) is 1. The van der Waals surface area contributed by atoms with E-state index < -0.39 is 10.0 Å². The molecule has 1 heterocycles. The van der Waals surface area contributed by atoms with Crippen LogP contribution in [-0.2, 0) is 15.8 Å². The standard InChI is InChI=1S/C18H21N2O4S/c1-24-18-8-4-16(5-9-18)19-10-12-20(13-11-19)25(22,23)14-15-2-6-17(21)7-3-15/h2-6,8-9,21H,10-14H2,1H3. The Morgan fingerprint density at radius 2 is 1.76 bits per heavy atom. The van der Waals surface area contributed by atoms with Crippen molar-refractivity contribution >= 4 is 15.7 Å². The highest BCUT2D eigenvalue weighted by Crippen LogP contribution is 2.22. The summed E-state index contributed by atoms with van der Waals surface area (Å²) in [6, 6.07) is 15.0. The van der Waals surface area contributed by atoms with Gasteiger partial charge in [-0.1, -0.05) is 6.07 Å². The molecule has 25 heavy (non-hydrogen) atoms. The van der Waals surface area contributed by atoms with Crippen LogP contribution in [0.5, 0.6) is 11.5 Å². The Hall–Kier alpha value is -2.25. The number of sulfonamides is 1. The summed E-state index contributed by atoms with van der Waals surface area (Å²) >= 11 is 0. The van der Waals surface area contributed by atoms with Crippen molar-refractivity contribution in [1.82, 2.24) is 4.31 Å². The van der Waals surface area contributed by atoms with E-state index in [2.05, 4.69) is 11.0 Å². The third kappa shape index (κ3) is 4.24. The molecule has 1 aliphatic heterocycles. The van der Waals surface area contributed by atoms with Crippen molar-refractivity contribution in [2.45, 2.75) is 5.75 Å². The van der Waals surface area contributed by atoms with Gasteiger partial charge in [0.25, 0.3) is 0 Å². The van der Waals surface area contributed by atoms with Gasteiger partial charge in [-0.05, 0) is 42.0 Å². The number of nitrogens with zero attached hydrogens (tertiary/aromatic N) is 2. The number of aromatic hydroxyl groups is 1. The van der Waals surface area contributed by atoms with Crippen LogP contribution in [-0.4, -0.2) is 51.1 Å². The van der Waals surface area contributed by atoms with E-state index in [0.29, 0.717) is 31.7 Å². The molecule has 0 spiro atoms. The molecule has 0 aromatic heterocycles. The molecule has 1 N–H and O–H groups in total. The van der Waals surface area contributed by atoms with E-state index in [9.17, 15) is 13.5 Å². The second kappa shape index (κ2) is 7.33. The van der Waals surface area contributed by atoms with Crippen molar-refractivity contribution in [1.29, 1.82) is 0 Å². The highest BCUT2D eigenvalue weighted by Gasteiger charge is 2.27. The lowest BCUT2D eigenvalue weighted by Crippen LogP contribution is -2.49. The smallest absolute Gasteiger partial charge is 0.218 e. The van der Waals surface area contributed by atoms with E-state index in [1.807, 2.05) is 24.3 Å².